The molecule has 0 saturated heterocycles. The van der Waals surface area contributed by atoms with E-state index in [9.17, 15) is 9.59 Å². The highest BCUT2D eigenvalue weighted by atomic mass is 32.1. The van der Waals surface area contributed by atoms with Crippen LogP contribution in [0.25, 0.3) is 10.2 Å². The number of rotatable bonds is 4. The van der Waals surface area contributed by atoms with Gasteiger partial charge in [-0.2, -0.15) is 0 Å². The zero-order valence-electron chi connectivity index (χ0n) is 15.5. The van der Waals surface area contributed by atoms with Crippen molar-refractivity contribution in [1.29, 1.82) is 0 Å². The van der Waals surface area contributed by atoms with E-state index in [1.807, 2.05) is 37.3 Å². The van der Waals surface area contributed by atoms with Crippen molar-refractivity contribution in [2.75, 3.05) is 5.32 Å². The van der Waals surface area contributed by atoms with Crippen molar-refractivity contribution in [2.24, 2.45) is 0 Å². The lowest BCUT2D eigenvalue weighted by atomic mass is 9.86. The number of aryl methyl sites for hydroxylation is 1. The summed E-state index contributed by atoms with van der Waals surface area (Å²) in [6.07, 6.45) is 2.32. The first-order chi connectivity index (χ1) is 12.3. The van der Waals surface area contributed by atoms with Gasteiger partial charge >= 0.3 is 0 Å². The molecule has 26 heavy (non-hydrogen) atoms. The van der Waals surface area contributed by atoms with Crippen LogP contribution in [0.3, 0.4) is 0 Å². The number of anilines is 1. The molecule has 0 aliphatic heterocycles. The molecule has 0 bridgehead atoms. The minimum Gasteiger partial charge on any atom is -0.324 e. The molecule has 0 fully saturated rings. The molecule has 0 radical (unpaired) electrons. The Morgan fingerprint density at radius 2 is 2.00 bits per heavy atom. The summed E-state index contributed by atoms with van der Waals surface area (Å²) < 4.78 is 1.36. The van der Waals surface area contributed by atoms with E-state index in [1.54, 1.807) is 0 Å². The normalized spacial score (nSPS) is 11.7. The molecule has 136 valence electrons. The molecule has 2 heterocycles. The van der Waals surface area contributed by atoms with Gasteiger partial charge in [-0.1, -0.05) is 45.9 Å². The third-order valence-corrected chi connectivity index (χ3v) is 5.43. The summed E-state index contributed by atoms with van der Waals surface area (Å²) >= 11 is 1.52. The predicted octanol–water partition coefficient (Wildman–Crippen LogP) is 3.96. The number of nitrogens with zero attached hydrogens (tertiary/aromatic N) is 2. The minimum absolute atomic E-state index is 0.0580. The summed E-state index contributed by atoms with van der Waals surface area (Å²) in [5, 5.41) is 3.51. The third kappa shape index (κ3) is 3.70. The predicted molar refractivity (Wildman–Crippen MR) is 107 cm³/mol. The number of hydrogen-bond donors (Lipinski definition) is 1. The van der Waals surface area contributed by atoms with Crippen LogP contribution >= 0.6 is 11.3 Å². The van der Waals surface area contributed by atoms with E-state index in [4.69, 9.17) is 0 Å². The molecule has 0 atom stereocenters. The van der Waals surface area contributed by atoms with Gasteiger partial charge in [0.2, 0.25) is 5.91 Å². The van der Waals surface area contributed by atoms with Crippen molar-refractivity contribution in [3.05, 3.63) is 57.5 Å². The van der Waals surface area contributed by atoms with Crippen molar-refractivity contribution >= 4 is 33.1 Å². The van der Waals surface area contributed by atoms with Gasteiger partial charge in [-0.3, -0.25) is 14.2 Å². The van der Waals surface area contributed by atoms with E-state index >= 15 is 0 Å². The van der Waals surface area contributed by atoms with Gasteiger partial charge < -0.3 is 5.32 Å². The van der Waals surface area contributed by atoms with Crippen LogP contribution in [0.15, 0.2) is 41.5 Å². The van der Waals surface area contributed by atoms with Gasteiger partial charge in [0.1, 0.15) is 11.4 Å². The number of thiophene rings is 1. The smallest absolute Gasteiger partial charge is 0.262 e. The SMILES string of the molecule is CCc1cc2c(=O)n(CC(=O)Nc3ccccc3C(C)(C)C)cnc2s1. The Hall–Kier alpha value is -2.47. The van der Waals surface area contributed by atoms with E-state index in [-0.39, 0.29) is 23.4 Å². The van der Waals surface area contributed by atoms with Gasteiger partial charge in [0.05, 0.1) is 11.7 Å². The highest BCUT2D eigenvalue weighted by molar-refractivity contribution is 7.18. The maximum absolute atomic E-state index is 12.6. The van der Waals surface area contributed by atoms with Crippen molar-refractivity contribution in [2.45, 2.75) is 46.1 Å². The Morgan fingerprint density at radius 1 is 1.27 bits per heavy atom. The second kappa shape index (κ2) is 7.03. The number of aromatic nitrogens is 2. The van der Waals surface area contributed by atoms with E-state index in [0.29, 0.717) is 5.39 Å². The fraction of sp³-hybridized carbons (Fsp3) is 0.350. The zero-order valence-corrected chi connectivity index (χ0v) is 16.3. The monoisotopic (exact) mass is 369 g/mol. The number of benzene rings is 1. The first-order valence-electron chi connectivity index (χ1n) is 8.67. The number of carbonyl (C=O) groups excluding carboxylic acids is 1. The molecule has 0 saturated carbocycles. The summed E-state index contributed by atoms with van der Waals surface area (Å²) in [5.74, 6) is -0.240. The molecule has 2 aromatic heterocycles. The van der Waals surface area contributed by atoms with Crippen LogP contribution in [0.4, 0.5) is 5.69 Å². The lowest BCUT2D eigenvalue weighted by Gasteiger charge is -2.23. The molecular formula is C20H23N3O2S. The summed E-state index contributed by atoms with van der Waals surface area (Å²) in [6, 6.07) is 9.61. The number of para-hydroxylation sites is 1. The lowest BCUT2D eigenvalue weighted by molar-refractivity contribution is -0.116. The number of carbonyl (C=O) groups is 1. The van der Waals surface area contributed by atoms with Gasteiger partial charge in [0, 0.05) is 10.6 Å². The first-order valence-corrected chi connectivity index (χ1v) is 9.48. The van der Waals surface area contributed by atoms with E-state index in [2.05, 4.69) is 31.1 Å². The van der Waals surface area contributed by atoms with E-state index < -0.39 is 0 Å². The Kier molecular flexibility index (Phi) is 4.96. The van der Waals surface area contributed by atoms with Crippen molar-refractivity contribution in [3.8, 4) is 0 Å². The number of hydrogen-bond acceptors (Lipinski definition) is 4. The van der Waals surface area contributed by atoms with Crippen LogP contribution in [0.5, 0.6) is 0 Å². The fourth-order valence-electron chi connectivity index (χ4n) is 2.89. The van der Waals surface area contributed by atoms with Gasteiger partial charge in [0.15, 0.2) is 0 Å². The Bertz CT molecular complexity index is 1010. The molecule has 0 aliphatic rings. The van der Waals surface area contributed by atoms with Crippen molar-refractivity contribution in [1.82, 2.24) is 9.55 Å². The topological polar surface area (TPSA) is 64.0 Å². The summed E-state index contributed by atoms with van der Waals surface area (Å²) in [4.78, 5) is 31.3. The maximum Gasteiger partial charge on any atom is 0.262 e. The van der Waals surface area contributed by atoms with Crippen LogP contribution in [0.1, 0.15) is 38.1 Å². The van der Waals surface area contributed by atoms with E-state index in [0.717, 1.165) is 27.4 Å². The maximum atomic E-state index is 12.6. The molecule has 3 aromatic rings. The molecular weight excluding hydrogens is 346 g/mol. The molecule has 6 heteroatoms. The molecule has 1 aromatic carbocycles. The third-order valence-electron chi connectivity index (χ3n) is 4.24. The van der Waals surface area contributed by atoms with Gasteiger partial charge in [-0.25, -0.2) is 4.98 Å². The number of fused-ring (bicyclic) bond motifs is 1. The van der Waals surface area contributed by atoms with Crippen LogP contribution in [-0.2, 0) is 23.2 Å². The Balaban J connectivity index is 1.84. The molecule has 1 N–H and O–H groups in total. The summed E-state index contributed by atoms with van der Waals surface area (Å²) in [6.45, 7) is 8.29. The van der Waals surface area contributed by atoms with Gasteiger partial charge in [0.25, 0.3) is 5.56 Å². The van der Waals surface area contributed by atoms with Crippen LogP contribution in [0, 0.1) is 0 Å². The van der Waals surface area contributed by atoms with Crippen LogP contribution < -0.4 is 10.9 Å². The second-order valence-electron chi connectivity index (χ2n) is 7.31. The minimum atomic E-state index is -0.240. The fourth-order valence-corrected chi connectivity index (χ4v) is 3.81. The molecule has 5 nitrogen and oxygen atoms in total. The van der Waals surface area contributed by atoms with Gasteiger partial charge in [-0.15, -0.1) is 11.3 Å². The Labute approximate surface area is 156 Å². The van der Waals surface area contributed by atoms with Crippen molar-refractivity contribution in [3.63, 3.8) is 0 Å². The second-order valence-corrected chi connectivity index (χ2v) is 8.42. The zero-order chi connectivity index (χ0) is 18.9. The number of amides is 1. The largest absolute Gasteiger partial charge is 0.324 e. The summed E-state index contributed by atoms with van der Waals surface area (Å²) in [7, 11) is 0. The van der Waals surface area contributed by atoms with Crippen LogP contribution in [-0.4, -0.2) is 15.5 Å². The van der Waals surface area contributed by atoms with Crippen molar-refractivity contribution < 1.29 is 4.79 Å². The lowest BCUT2D eigenvalue weighted by Crippen LogP contribution is -2.28. The number of nitrogens with one attached hydrogen (secondary N) is 1. The van der Waals surface area contributed by atoms with Crippen LogP contribution in [0.2, 0.25) is 0 Å². The molecule has 3 rings (SSSR count). The van der Waals surface area contributed by atoms with Gasteiger partial charge in [-0.05, 0) is 29.5 Å². The average Bonchev–Trinajstić information content (AvgIpc) is 3.01. The quantitative estimate of drug-likeness (QED) is 0.757. The molecule has 0 unspecified atom stereocenters. The summed E-state index contributed by atoms with van der Waals surface area (Å²) in [5.41, 5.74) is 1.56. The molecule has 1 amide bonds. The van der Waals surface area contributed by atoms with E-state index in [1.165, 1.54) is 22.2 Å². The molecule has 0 spiro atoms. The standard InChI is InChI=1S/C20H23N3O2S/c1-5-13-10-14-18(26-13)21-12-23(19(14)25)11-17(24)22-16-9-7-6-8-15(16)20(2,3)4/h6-10,12H,5,11H2,1-4H3,(H,22,24). The Morgan fingerprint density at radius 3 is 2.69 bits per heavy atom. The molecule has 0 aliphatic carbocycles. The first kappa shape index (κ1) is 18.3. The highest BCUT2D eigenvalue weighted by Crippen LogP contribution is 2.29. The highest BCUT2D eigenvalue weighted by Gasteiger charge is 2.19. The average molecular weight is 369 g/mol.